The zero-order valence-electron chi connectivity index (χ0n) is 17.4. The molecule has 3 heterocycles. The maximum atomic E-state index is 12.8. The number of carbonyl (C=O) groups is 3. The molecule has 2 aromatic heterocycles. The number of hydrogen-bond donors (Lipinski definition) is 4. The van der Waals surface area contributed by atoms with Crippen LogP contribution >= 0.6 is 0 Å². The Bertz CT molecular complexity index is 960. The number of H-pyrrole nitrogens is 1. The third-order valence-electron chi connectivity index (χ3n) is 4.62. The van der Waals surface area contributed by atoms with E-state index in [1.54, 1.807) is 12.1 Å². The minimum Gasteiger partial charge on any atom is -0.483 e. The SMILES string of the molecule is COc1cc(C(=O)N2C[C@H](O)C[C@H](NC(=O)CCc3ccc(=O)[nH]n3)C2)ccn1.O=CO. The first-order valence-electron chi connectivity index (χ1n) is 9.75. The minimum absolute atomic E-state index is 0.182. The van der Waals surface area contributed by atoms with Gasteiger partial charge in [-0.25, -0.2) is 10.1 Å². The molecule has 0 saturated carbocycles. The number of nitrogens with zero attached hydrogens (tertiary/aromatic N) is 3. The number of rotatable bonds is 6. The molecule has 0 unspecified atom stereocenters. The van der Waals surface area contributed by atoms with Gasteiger partial charge in [-0.15, -0.1) is 0 Å². The number of nitrogens with one attached hydrogen (secondary N) is 2. The van der Waals surface area contributed by atoms with E-state index in [1.807, 2.05) is 0 Å². The fourth-order valence-corrected chi connectivity index (χ4v) is 3.23. The molecule has 4 N–H and O–H groups in total. The van der Waals surface area contributed by atoms with Crippen molar-refractivity contribution >= 4 is 18.3 Å². The summed E-state index contributed by atoms with van der Waals surface area (Å²) in [5, 5.41) is 26.1. The van der Waals surface area contributed by atoms with Crippen molar-refractivity contribution < 1.29 is 29.3 Å². The van der Waals surface area contributed by atoms with Crippen LogP contribution in [-0.4, -0.2) is 80.9 Å². The van der Waals surface area contributed by atoms with Crippen LogP contribution in [0.2, 0.25) is 0 Å². The van der Waals surface area contributed by atoms with Crippen molar-refractivity contribution in [1.29, 1.82) is 0 Å². The monoisotopic (exact) mass is 447 g/mol. The predicted molar refractivity (Wildman–Crippen MR) is 111 cm³/mol. The molecule has 2 amide bonds. The maximum absolute atomic E-state index is 12.8. The van der Waals surface area contributed by atoms with Crippen LogP contribution in [0, 0.1) is 0 Å². The van der Waals surface area contributed by atoms with E-state index >= 15 is 0 Å². The number of likely N-dealkylation sites (tertiary alicyclic amines) is 1. The van der Waals surface area contributed by atoms with Gasteiger partial charge in [0.1, 0.15) is 0 Å². The molecule has 2 aromatic rings. The quantitative estimate of drug-likeness (QED) is 0.413. The van der Waals surface area contributed by atoms with Gasteiger partial charge in [0, 0.05) is 55.9 Å². The molecule has 0 radical (unpaired) electrons. The van der Waals surface area contributed by atoms with E-state index in [1.165, 1.54) is 30.3 Å². The highest BCUT2D eigenvalue weighted by Gasteiger charge is 2.30. The fraction of sp³-hybridized carbons (Fsp3) is 0.400. The summed E-state index contributed by atoms with van der Waals surface area (Å²) in [6.45, 7) is 0.236. The second-order valence-corrected chi connectivity index (χ2v) is 6.97. The number of aromatic amines is 1. The summed E-state index contributed by atoms with van der Waals surface area (Å²) in [5.74, 6) is -0.148. The largest absolute Gasteiger partial charge is 0.483 e. The number of amides is 2. The lowest BCUT2D eigenvalue weighted by atomic mass is 10.0. The normalized spacial score (nSPS) is 17.5. The average molecular weight is 447 g/mol. The van der Waals surface area contributed by atoms with Crippen molar-refractivity contribution in [2.75, 3.05) is 20.2 Å². The van der Waals surface area contributed by atoms with Gasteiger partial charge >= 0.3 is 0 Å². The summed E-state index contributed by atoms with van der Waals surface area (Å²) >= 11 is 0. The molecular formula is C20H25N5O7. The van der Waals surface area contributed by atoms with Crippen molar-refractivity contribution in [2.45, 2.75) is 31.4 Å². The van der Waals surface area contributed by atoms with Gasteiger partial charge in [-0.05, 0) is 18.6 Å². The molecular weight excluding hydrogens is 422 g/mol. The molecule has 12 nitrogen and oxygen atoms in total. The van der Waals surface area contributed by atoms with E-state index in [-0.39, 0.29) is 42.9 Å². The van der Waals surface area contributed by atoms with E-state index in [9.17, 15) is 19.5 Å². The Hall–Kier alpha value is -3.80. The van der Waals surface area contributed by atoms with E-state index in [0.717, 1.165) is 0 Å². The van der Waals surface area contributed by atoms with Crippen LogP contribution < -0.4 is 15.6 Å². The highest BCUT2D eigenvalue weighted by Crippen LogP contribution is 2.17. The summed E-state index contributed by atoms with van der Waals surface area (Å²) in [7, 11) is 1.47. The van der Waals surface area contributed by atoms with E-state index in [4.69, 9.17) is 14.6 Å². The van der Waals surface area contributed by atoms with Gasteiger partial charge < -0.3 is 25.2 Å². The Morgan fingerprint density at radius 1 is 1.34 bits per heavy atom. The van der Waals surface area contributed by atoms with Crippen LogP contribution in [0.15, 0.2) is 35.3 Å². The molecule has 0 bridgehead atoms. The first kappa shape index (κ1) is 24.5. The molecule has 0 aromatic carbocycles. The second-order valence-electron chi connectivity index (χ2n) is 6.97. The van der Waals surface area contributed by atoms with E-state index < -0.39 is 6.10 Å². The Labute approximate surface area is 183 Å². The number of aryl methyl sites for hydroxylation is 1. The summed E-state index contributed by atoms with van der Waals surface area (Å²) in [4.78, 5) is 49.9. The number of aliphatic hydroxyl groups is 1. The number of piperidine rings is 1. The first-order chi connectivity index (χ1) is 15.4. The first-order valence-corrected chi connectivity index (χ1v) is 9.75. The summed E-state index contributed by atoms with van der Waals surface area (Å²) < 4.78 is 5.04. The van der Waals surface area contributed by atoms with Crippen LogP contribution in [0.1, 0.15) is 28.9 Å². The Morgan fingerprint density at radius 2 is 2.09 bits per heavy atom. The van der Waals surface area contributed by atoms with Crippen LogP contribution in [0.5, 0.6) is 5.88 Å². The van der Waals surface area contributed by atoms with Crippen molar-refractivity contribution in [3.8, 4) is 5.88 Å². The number of pyridine rings is 1. The Morgan fingerprint density at radius 3 is 2.75 bits per heavy atom. The number of aromatic nitrogens is 3. The fourth-order valence-electron chi connectivity index (χ4n) is 3.23. The van der Waals surface area contributed by atoms with Crippen LogP contribution in [-0.2, 0) is 16.0 Å². The molecule has 0 spiro atoms. The zero-order chi connectivity index (χ0) is 23.5. The van der Waals surface area contributed by atoms with E-state index in [0.29, 0.717) is 36.5 Å². The summed E-state index contributed by atoms with van der Waals surface area (Å²) in [6, 6.07) is 5.68. The zero-order valence-corrected chi connectivity index (χ0v) is 17.4. The smallest absolute Gasteiger partial charge is 0.290 e. The lowest BCUT2D eigenvalue weighted by Crippen LogP contribution is -2.54. The number of ether oxygens (including phenoxy) is 1. The number of aliphatic hydroxyl groups excluding tert-OH is 1. The van der Waals surface area contributed by atoms with Crippen molar-refractivity contribution in [3.05, 3.63) is 52.1 Å². The van der Waals surface area contributed by atoms with Gasteiger partial charge in [0.15, 0.2) is 0 Å². The van der Waals surface area contributed by atoms with Crippen molar-refractivity contribution in [2.24, 2.45) is 0 Å². The highest BCUT2D eigenvalue weighted by atomic mass is 16.5. The van der Waals surface area contributed by atoms with Crippen molar-refractivity contribution in [1.82, 2.24) is 25.4 Å². The molecule has 1 aliphatic rings. The Kier molecular flexibility index (Phi) is 9.29. The number of carbonyl (C=O) groups excluding carboxylic acids is 2. The minimum atomic E-state index is -0.734. The van der Waals surface area contributed by atoms with Gasteiger partial charge in [0.05, 0.1) is 18.9 Å². The van der Waals surface area contributed by atoms with Gasteiger partial charge in [-0.1, -0.05) is 0 Å². The maximum Gasteiger partial charge on any atom is 0.290 e. The van der Waals surface area contributed by atoms with Gasteiger partial charge in [-0.2, -0.15) is 5.10 Å². The number of β-amino-alcohol motifs (C(OH)–C–C–N with tert-alkyl or cyclic N) is 1. The molecule has 2 atom stereocenters. The van der Waals surface area contributed by atoms with Crippen LogP contribution in [0.25, 0.3) is 0 Å². The molecule has 1 fully saturated rings. The van der Waals surface area contributed by atoms with Crippen LogP contribution in [0.4, 0.5) is 0 Å². The predicted octanol–water partition coefficient (Wildman–Crippen LogP) is -0.801. The molecule has 172 valence electrons. The Balaban J connectivity index is 0.00000114. The molecule has 3 rings (SSSR count). The van der Waals surface area contributed by atoms with Crippen LogP contribution in [0.3, 0.4) is 0 Å². The lowest BCUT2D eigenvalue weighted by Gasteiger charge is -2.36. The third-order valence-corrected chi connectivity index (χ3v) is 4.62. The number of carboxylic acid groups (broad SMARTS) is 1. The average Bonchev–Trinajstić information content (AvgIpc) is 2.78. The second kappa shape index (κ2) is 12.2. The topological polar surface area (TPSA) is 175 Å². The summed E-state index contributed by atoms with van der Waals surface area (Å²) in [6.07, 6.45) is 1.67. The van der Waals surface area contributed by atoms with Gasteiger partial charge in [-0.3, -0.25) is 19.2 Å². The van der Waals surface area contributed by atoms with Crippen molar-refractivity contribution in [3.63, 3.8) is 0 Å². The van der Waals surface area contributed by atoms with Gasteiger partial charge in [0.2, 0.25) is 11.8 Å². The highest BCUT2D eigenvalue weighted by molar-refractivity contribution is 5.94. The summed E-state index contributed by atoms with van der Waals surface area (Å²) in [5.41, 5.74) is 0.706. The molecule has 1 aliphatic heterocycles. The standard InChI is InChI=1S/C19H23N5O5.CH2O2/c1-29-18-8-12(6-7-20-18)19(28)24-10-14(9-15(25)11-24)21-16(26)4-2-13-3-5-17(27)23-22-13;2-1-3/h3,5-8,14-15,25H,2,4,9-11H2,1H3,(H,21,26)(H,23,27);1H,(H,2,3)/t14-,15+;/m0./s1. The number of methoxy groups -OCH3 is 1. The van der Waals surface area contributed by atoms with Gasteiger partial charge in [0.25, 0.3) is 17.9 Å². The van der Waals surface area contributed by atoms with E-state index in [2.05, 4.69) is 20.5 Å². The molecule has 1 saturated heterocycles. The third kappa shape index (κ3) is 7.47. The molecule has 0 aliphatic carbocycles. The molecule has 12 heteroatoms. The molecule has 32 heavy (non-hydrogen) atoms. The lowest BCUT2D eigenvalue weighted by molar-refractivity contribution is -0.123. The number of hydrogen-bond acceptors (Lipinski definition) is 8.